The highest BCUT2D eigenvalue weighted by Crippen LogP contribution is 2.44. The van der Waals surface area contributed by atoms with Crippen molar-refractivity contribution in [3.8, 4) is 0 Å². The molecule has 0 amide bonds. The van der Waals surface area contributed by atoms with E-state index >= 15 is 0 Å². The van der Waals surface area contributed by atoms with E-state index in [0.29, 0.717) is 12.0 Å². The lowest BCUT2D eigenvalue weighted by molar-refractivity contribution is 0.555. The number of hydrogen-bond acceptors (Lipinski definition) is 4. The van der Waals surface area contributed by atoms with Crippen LogP contribution >= 0.6 is 15.9 Å². The van der Waals surface area contributed by atoms with Gasteiger partial charge in [-0.3, -0.25) is 0 Å². The van der Waals surface area contributed by atoms with Crippen LogP contribution in [0.1, 0.15) is 6.42 Å². The molecule has 1 aromatic rings. The average Bonchev–Trinajstić information content (AvgIpc) is 2.93. The number of aromatic nitrogens is 2. The van der Waals surface area contributed by atoms with Crippen molar-refractivity contribution in [2.75, 3.05) is 18.4 Å². The van der Waals surface area contributed by atoms with Crippen molar-refractivity contribution in [3.63, 3.8) is 0 Å². The van der Waals surface area contributed by atoms with Crippen molar-refractivity contribution in [1.29, 1.82) is 0 Å². The van der Waals surface area contributed by atoms with Gasteiger partial charge in [0, 0.05) is 25.0 Å². The third kappa shape index (κ3) is 1.99. The van der Waals surface area contributed by atoms with Gasteiger partial charge >= 0.3 is 0 Å². The first-order valence-corrected chi connectivity index (χ1v) is 6.07. The molecule has 0 aromatic carbocycles. The van der Waals surface area contributed by atoms with Gasteiger partial charge in [0.1, 0.15) is 0 Å². The summed E-state index contributed by atoms with van der Waals surface area (Å²) in [6, 6.07) is 0.613. The minimum Gasteiger partial charge on any atom is -0.353 e. The molecule has 3 atom stereocenters. The molecule has 3 unspecified atom stereocenters. The fraction of sp³-hybridized carbons (Fsp3) is 0.600. The summed E-state index contributed by atoms with van der Waals surface area (Å²) in [6.45, 7) is 2.13. The van der Waals surface area contributed by atoms with Gasteiger partial charge in [-0.1, -0.05) is 0 Å². The summed E-state index contributed by atoms with van der Waals surface area (Å²) in [5.74, 6) is 2.56. The molecule has 3 rings (SSSR count). The van der Waals surface area contributed by atoms with Crippen molar-refractivity contribution in [2.45, 2.75) is 12.5 Å². The van der Waals surface area contributed by atoms with E-state index in [4.69, 9.17) is 0 Å². The van der Waals surface area contributed by atoms with E-state index in [1.807, 2.05) is 0 Å². The van der Waals surface area contributed by atoms with Crippen molar-refractivity contribution in [2.24, 2.45) is 11.8 Å². The number of piperidine rings is 1. The molecule has 5 heteroatoms. The van der Waals surface area contributed by atoms with E-state index in [-0.39, 0.29) is 0 Å². The van der Waals surface area contributed by atoms with Gasteiger partial charge in [-0.15, -0.1) is 0 Å². The van der Waals surface area contributed by atoms with Crippen molar-refractivity contribution in [1.82, 2.24) is 15.3 Å². The molecular weight excluding hydrogens is 256 g/mol. The molecule has 2 aliphatic rings. The molecule has 2 fully saturated rings. The van der Waals surface area contributed by atoms with Crippen LogP contribution < -0.4 is 10.6 Å². The fourth-order valence-corrected chi connectivity index (χ4v) is 2.49. The Balaban J connectivity index is 1.55. The minimum atomic E-state index is 0.613. The van der Waals surface area contributed by atoms with Crippen molar-refractivity contribution in [3.05, 3.63) is 16.9 Å². The van der Waals surface area contributed by atoms with Gasteiger partial charge in [0.2, 0.25) is 5.95 Å². The summed E-state index contributed by atoms with van der Waals surface area (Å²) < 4.78 is 0.911. The van der Waals surface area contributed by atoms with Crippen LogP contribution in [0.2, 0.25) is 0 Å². The Morgan fingerprint density at radius 1 is 1.47 bits per heavy atom. The number of halogens is 1. The average molecular weight is 269 g/mol. The summed E-state index contributed by atoms with van der Waals surface area (Å²) in [5.41, 5.74) is 0. The molecule has 0 spiro atoms. The van der Waals surface area contributed by atoms with E-state index in [0.717, 1.165) is 22.9 Å². The summed E-state index contributed by atoms with van der Waals surface area (Å²) in [4.78, 5) is 8.36. The zero-order valence-electron chi connectivity index (χ0n) is 8.28. The van der Waals surface area contributed by atoms with Crippen LogP contribution in [-0.4, -0.2) is 29.1 Å². The lowest BCUT2D eigenvalue weighted by atomic mass is 10.2. The number of rotatable bonds is 3. The van der Waals surface area contributed by atoms with E-state index in [1.54, 1.807) is 12.4 Å². The number of hydrogen-bond donors (Lipinski definition) is 2. The first-order chi connectivity index (χ1) is 7.33. The Kier molecular flexibility index (Phi) is 2.36. The molecule has 1 aliphatic carbocycles. The second-order valence-electron chi connectivity index (χ2n) is 4.28. The molecule has 1 aromatic heterocycles. The third-order valence-electron chi connectivity index (χ3n) is 3.24. The minimum absolute atomic E-state index is 0.613. The van der Waals surface area contributed by atoms with Crippen LogP contribution in [0.25, 0.3) is 0 Å². The Labute approximate surface area is 97.0 Å². The summed E-state index contributed by atoms with van der Waals surface area (Å²) in [7, 11) is 0. The molecule has 0 radical (unpaired) electrons. The molecule has 4 nitrogen and oxygen atoms in total. The fourth-order valence-electron chi connectivity index (χ4n) is 2.28. The summed E-state index contributed by atoms with van der Waals surface area (Å²) in [6.07, 6.45) is 4.93. The molecule has 2 heterocycles. The summed E-state index contributed by atoms with van der Waals surface area (Å²) >= 11 is 3.31. The van der Waals surface area contributed by atoms with Crippen LogP contribution in [-0.2, 0) is 0 Å². The Hall–Kier alpha value is -0.680. The second-order valence-corrected chi connectivity index (χ2v) is 5.20. The molecule has 80 valence electrons. The highest BCUT2D eigenvalue weighted by Gasteiger charge is 2.47. The SMILES string of the molecule is Brc1cnc(NCC2NCC3CC32)nc1. The number of nitrogens with one attached hydrogen (secondary N) is 2. The number of nitrogens with zero attached hydrogens (tertiary/aromatic N) is 2. The van der Waals surface area contributed by atoms with Gasteiger partial charge in [0.05, 0.1) is 4.47 Å². The van der Waals surface area contributed by atoms with E-state index in [9.17, 15) is 0 Å². The lowest BCUT2D eigenvalue weighted by Crippen LogP contribution is -2.33. The molecule has 1 saturated heterocycles. The maximum absolute atomic E-state index is 4.18. The Morgan fingerprint density at radius 2 is 2.27 bits per heavy atom. The first-order valence-electron chi connectivity index (χ1n) is 5.28. The van der Waals surface area contributed by atoms with Gasteiger partial charge in [0.25, 0.3) is 0 Å². The molecule has 2 N–H and O–H groups in total. The number of anilines is 1. The zero-order valence-corrected chi connectivity index (χ0v) is 9.87. The van der Waals surface area contributed by atoms with Gasteiger partial charge in [-0.05, 0) is 40.7 Å². The van der Waals surface area contributed by atoms with Crippen LogP contribution in [0.3, 0.4) is 0 Å². The van der Waals surface area contributed by atoms with Crippen molar-refractivity contribution >= 4 is 21.9 Å². The molecular formula is C10H13BrN4. The predicted molar refractivity (Wildman–Crippen MR) is 61.6 cm³/mol. The monoisotopic (exact) mass is 268 g/mol. The molecule has 1 saturated carbocycles. The number of fused-ring (bicyclic) bond motifs is 1. The van der Waals surface area contributed by atoms with E-state index in [1.165, 1.54) is 13.0 Å². The Morgan fingerprint density at radius 3 is 2.87 bits per heavy atom. The topological polar surface area (TPSA) is 49.8 Å². The largest absolute Gasteiger partial charge is 0.353 e. The third-order valence-corrected chi connectivity index (χ3v) is 3.65. The lowest BCUT2D eigenvalue weighted by Gasteiger charge is -2.13. The molecule has 15 heavy (non-hydrogen) atoms. The van der Waals surface area contributed by atoms with Crippen molar-refractivity contribution < 1.29 is 0 Å². The van der Waals surface area contributed by atoms with Crippen LogP contribution in [0, 0.1) is 11.8 Å². The van der Waals surface area contributed by atoms with Gasteiger partial charge in [0.15, 0.2) is 0 Å². The molecule has 0 bridgehead atoms. The van der Waals surface area contributed by atoms with Crippen LogP contribution in [0.5, 0.6) is 0 Å². The van der Waals surface area contributed by atoms with E-state index in [2.05, 4.69) is 36.5 Å². The quantitative estimate of drug-likeness (QED) is 0.867. The highest BCUT2D eigenvalue weighted by molar-refractivity contribution is 9.10. The van der Waals surface area contributed by atoms with Gasteiger partial charge < -0.3 is 10.6 Å². The second kappa shape index (κ2) is 3.72. The Bertz CT molecular complexity index is 353. The summed E-state index contributed by atoms with van der Waals surface area (Å²) in [5, 5.41) is 6.78. The molecule has 1 aliphatic heterocycles. The van der Waals surface area contributed by atoms with Crippen LogP contribution in [0.15, 0.2) is 16.9 Å². The van der Waals surface area contributed by atoms with Gasteiger partial charge in [-0.25, -0.2) is 9.97 Å². The maximum Gasteiger partial charge on any atom is 0.222 e. The highest BCUT2D eigenvalue weighted by atomic mass is 79.9. The normalized spacial score (nSPS) is 32.5. The van der Waals surface area contributed by atoms with E-state index < -0.39 is 0 Å². The zero-order chi connectivity index (χ0) is 10.3. The smallest absolute Gasteiger partial charge is 0.222 e. The maximum atomic E-state index is 4.18. The standard InChI is InChI=1S/C10H13BrN4/c11-7-3-13-10(14-4-7)15-5-9-8-1-6(8)2-12-9/h3-4,6,8-9,12H,1-2,5H2,(H,13,14,15). The predicted octanol–water partition coefficient (Wildman–Crippen LogP) is 1.26. The van der Waals surface area contributed by atoms with Crippen LogP contribution in [0.4, 0.5) is 5.95 Å². The van der Waals surface area contributed by atoms with Gasteiger partial charge in [-0.2, -0.15) is 0 Å². The first kappa shape index (κ1) is 9.54.